The average molecular weight is 1790 g/mol. The number of aromatic nitrogens is 12. The number of carbonyl (C=O) groups is 3. The third-order valence-electron chi connectivity index (χ3n) is 23.4. The summed E-state index contributed by atoms with van der Waals surface area (Å²) < 4.78 is 0. The lowest BCUT2D eigenvalue weighted by molar-refractivity contribution is 0.0958. The highest BCUT2D eigenvalue weighted by molar-refractivity contribution is 6.07. The molecule has 1 amide bonds. The standard InChI is InChI=1S/C31H26N4O.C29H24N4O.C28H23N5O.C28H23N5/c36-28(19-21-12-13-21)23-14-16-24(17-15-23)30-34-27-11-6-10-26(22-7-2-1-3-8-22)29(27)31(35-30)33-20-25-9-4-5-18-32-25;1-2-26(34)21-14-16-22(17-15-21)28-32-25-13-8-12-24(20-9-4-3-5-10-20)27(25)29(33-28)31-19-23-11-6-7-18-30-23;1-29-28(34)21-12-7-11-20(17-21)26-32-24-15-8-14-23(19-9-3-2-4-10-19)25(24)27(33-26)31-18-22-13-5-6-16-30-22;1-19(29)21-11-7-12-22(17-21)27-32-25-15-8-14-24(20-9-3-2-4-10-20)26(25)28(33-27)31-18-23-13-5-6-16-30-23/h1-11,14-18,21H,12-13,19-20H2,(H,33,34,35);3-18H,2,19H2,1H3,(H,31,32,33);2-17H,18H2,1H3,(H,29,34)(H,31,32,33);2-17H,1,18,29H2,(H,31,32,33). The number of nitrogens with two attached hydrogens (primary N) is 1. The molecule has 0 aliphatic heterocycles. The van der Waals surface area contributed by atoms with E-state index in [2.05, 4.69) is 126 Å². The molecule has 137 heavy (non-hydrogen) atoms. The fraction of sp³-hybridized carbons (Fsp3) is 0.0948. The van der Waals surface area contributed by atoms with Gasteiger partial charge in [-0.1, -0.05) is 286 Å². The molecule has 0 bridgehead atoms. The number of nitrogens with one attached hydrogen (secondary N) is 5. The summed E-state index contributed by atoms with van der Waals surface area (Å²) in [5.41, 5.74) is 28.5. The number of rotatable bonds is 27. The maximum atomic E-state index is 12.5. The van der Waals surface area contributed by atoms with Gasteiger partial charge in [0.15, 0.2) is 34.9 Å². The zero-order valence-corrected chi connectivity index (χ0v) is 75.6. The topological polar surface area (TPSA) is 292 Å². The third-order valence-corrected chi connectivity index (χ3v) is 23.4. The summed E-state index contributed by atoms with van der Waals surface area (Å²) in [4.78, 5) is 93.8. The molecule has 21 rings (SSSR count). The lowest BCUT2D eigenvalue weighted by Crippen LogP contribution is -2.17. The van der Waals surface area contributed by atoms with Gasteiger partial charge in [0.05, 0.1) is 92.6 Å². The number of pyridine rings is 4. The number of anilines is 4. The highest BCUT2D eigenvalue weighted by atomic mass is 16.1. The number of amides is 1. The van der Waals surface area contributed by atoms with Crippen LogP contribution in [0.15, 0.2) is 395 Å². The predicted molar refractivity (Wildman–Crippen MR) is 551 cm³/mol. The van der Waals surface area contributed by atoms with Crippen molar-refractivity contribution in [2.45, 2.75) is 58.8 Å². The second-order valence-electron chi connectivity index (χ2n) is 32.8. The Labute approximate surface area is 793 Å². The van der Waals surface area contributed by atoms with Crippen molar-refractivity contribution in [1.82, 2.24) is 65.1 Å². The average Bonchev–Trinajstić information content (AvgIpc) is 1.76. The van der Waals surface area contributed by atoms with Crippen molar-refractivity contribution >= 4 is 90.1 Å². The molecule has 12 aromatic carbocycles. The molecule has 7 N–H and O–H groups in total. The van der Waals surface area contributed by atoms with Gasteiger partial charge in [0.1, 0.15) is 23.3 Å². The smallest absolute Gasteiger partial charge is 0.251 e. The second kappa shape index (κ2) is 43.0. The molecule has 1 saturated carbocycles. The summed E-state index contributed by atoms with van der Waals surface area (Å²) in [7, 11) is 1.62. The van der Waals surface area contributed by atoms with E-state index in [0.29, 0.717) is 85.1 Å². The quantitative estimate of drug-likeness (QED) is 0.0261. The van der Waals surface area contributed by atoms with Crippen molar-refractivity contribution < 1.29 is 14.4 Å². The zero-order chi connectivity index (χ0) is 93.6. The van der Waals surface area contributed by atoms with Gasteiger partial charge in [0.2, 0.25) is 0 Å². The van der Waals surface area contributed by atoms with E-state index >= 15 is 0 Å². The Bertz CT molecular complexity index is 7650. The van der Waals surface area contributed by atoms with Crippen LogP contribution in [0.2, 0.25) is 0 Å². The van der Waals surface area contributed by atoms with Gasteiger partial charge in [-0.25, -0.2) is 39.9 Å². The first-order valence-corrected chi connectivity index (χ1v) is 45.5. The minimum absolute atomic E-state index is 0.121. The molecule has 1 aliphatic rings. The van der Waals surface area contributed by atoms with Gasteiger partial charge >= 0.3 is 0 Å². The summed E-state index contributed by atoms with van der Waals surface area (Å²) in [5, 5.41) is 20.5. The number of nitrogens with zero attached hydrogens (tertiary/aromatic N) is 12. The molecule has 0 unspecified atom stereocenters. The molecule has 1 fully saturated rings. The van der Waals surface area contributed by atoms with Crippen molar-refractivity contribution in [3.63, 3.8) is 0 Å². The highest BCUT2D eigenvalue weighted by Crippen LogP contribution is 2.41. The first-order chi connectivity index (χ1) is 67.4. The minimum atomic E-state index is -0.150. The molecule has 0 spiro atoms. The van der Waals surface area contributed by atoms with Gasteiger partial charge in [0.25, 0.3) is 5.91 Å². The van der Waals surface area contributed by atoms with Gasteiger partial charge in [-0.15, -0.1) is 0 Å². The summed E-state index contributed by atoms with van der Waals surface area (Å²) >= 11 is 0. The lowest BCUT2D eigenvalue weighted by atomic mass is 10.0. The van der Waals surface area contributed by atoms with Crippen LogP contribution in [-0.4, -0.2) is 84.3 Å². The maximum Gasteiger partial charge on any atom is 0.251 e. The molecule has 21 heteroatoms. The summed E-state index contributed by atoms with van der Waals surface area (Å²) in [6.07, 6.45) is 10.6. The largest absolute Gasteiger partial charge is 0.399 e. The van der Waals surface area contributed by atoms with Crippen LogP contribution in [0, 0.1) is 5.92 Å². The van der Waals surface area contributed by atoms with E-state index in [1.54, 1.807) is 37.9 Å². The number of ketones is 2. The molecule has 8 heterocycles. The molecule has 668 valence electrons. The van der Waals surface area contributed by atoms with Crippen LogP contribution < -0.4 is 32.3 Å². The van der Waals surface area contributed by atoms with Crippen molar-refractivity contribution in [3.05, 3.63) is 440 Å². The number of carbonyl (C=O) groups excluding carboxylic acids is 3. The van der Waals surface area contributed by atoms with Gasteiger partial charge in [-0.2, -0.15) is 0 Å². The first kappa shape index (κ1) is 89.7. The molecule has 8 aromatic heterocycles. The SMILES string of the molecule is C=C(N)c1cccc(-c2nc(NCc3ccccn3)c3c(-c4ccccc4)cccc3n2)c1.CCC(=O)c1ccc(-c2nc(NCc3ccccn3)c3c(-c4ccccc4)cccc3n2)cc1.CNC(=O)c1cccc(-c2nc(NCc3ccccn3)c3c(-c4ccccc4)cccc3n2)c1.O=C(CC1CC1)c1ccc(-c2nc(NCc3ccccn3)c3c(-c4ccccc4)cccc3n2)cc1. The fourth-order valence-corrected chi connectivity index (χ4v) is 16.2. The van der Waals surface area contributed by atoms with Crippen LogP contribution in [0.5, 0.6) is 0 Å². The normalized spacial score (nSPS) is 11.4. The number of hydrogen-bond acceptors (Lipinski definition) is 20. The van der Waals surface area contributed by atoms with Crippen LogP contribution in [0.25, 0.3) is 139 Å². The molecular formula is C116H96N18O3. The molecular weight excluding hydrogens is 1690 g/mol. The Morgan fingerprint density at radius 1 is 0.299 bits per heavy atom. The summed E-state index contributed by atoms with van der Waals surface area (Å²) in [5.74, 6) is 6.15. The minimum Gasteiger partial charge on any atom is -0.399 e. The van der Waals surface area contributed by atoms with Gasteiger partial charge in [-0.05, 0) is 160 Å². The maximum absolute atomic E-state index is 12.5. The Balaban J connectivity index is 0.000000122. The monoisotopic (exact) mass is 1790 g/mol. The van der Waals surface area contributed by atoms with Crippen LogP contribution in [0.3, 0.4) is 0 Å². The van der Waals surface area contributed by atoms with Crippen molar-refractivity contribution in [3.8, 4) is 90.1 Å². The molecule has 20 aromatic rings. The van der Waals surface area contributed by atoms with E-state index in [4.69, 9.17) is 45.6 Å². The van der Waals surface area contributed by atoms with E-state index in [0.717, 1.165) is 168 Å². The highest BCUT2D eigenvalue weighted by Gasteiger charge is 2.26. The Morgan fingerprint density at radius 3 is 0.876 bits per heavy atom. The van der Waals surface area contributed by atoms with Crippen molar-refractivity contribution in [2.24, 2.45) is 11.7 Å². The van der Waals surface area contributed by atoms with E-state index in [1.807, 2.05) is 292 Å². The fourth-order valence-electron chi connectivity index (χ4n) is 16.2. The number of Topliss-reactive ketones (excluding diaryl/α,β-unsaturated/α-hetero) is 2. The third kappa shape index (κ3) is 22.0. The Kier molecular flexibility index (Phi) is 28.2. The number of fused-ring (bicyclic) bond motifs is 4. The van der Waals surface area contributed by atoms with Crippen LogP contribution >= 0.6 is 0 Å². The van der Waals surface area contributed by atoms with Crippen LogP contribution in [-0.2, 0) is 26.2 Å². The van der Waals surface area contributed by atoms with Gasteiger partial charge < -0.3 is 32.3 Å². The van der Waals surface area contributed by atoms with E-state index in [9.17, 15) is 14.4 Å². The summed E-state index contributed by atoms with van der Waals surface area (Å²) in [6, 6.07) is 119. The summed E-state index contributed by atoms with van der Waals surface area (Å²) in [6.45, 7) is 7.88. The number of benzene rings is 12. The molecule has 0 atom stereocenters. The van der Waals surface area contributed by atoms with Crippen LogP contribution in [0.1, 0.15) is 92.0 Å². The molecule has 0 radical (unpaired) electrons. The van der Waals surface area contributed by atoms with Gasteiger partial charge in [-0.3, -0.25) is 34.3 Å². The van der Waals surface area contributed by atoms with Crippen molar-refractivity contribution in [1.29, 1.82) is 0 Å². The van der Waals surface area contributed by atoms with E-state index < -0.39 is 0 Å². The second-order valence-corrected chi connectivity index (χ2v) is 32.8. The van der Waals surface area contributed by atoms with Crippen molar-refractivity contribution in [2.75, 3.05) is 28.3 Å². The van der Waals surface area contributed by atoms with E-state index in [1.165, 1.54) is 12.8 Å². The molecule has 21 nitrogen and oxygen atoms in total. The molecule has 1 aliphatic carbocycles. The van der Waals surface area contributed by atoms with Gasteiger partial charge in [0, 0.05) is 89.3 Å². The zero-order valence-electron chi connectivity index (χ0n) is 75.6. The predicted octanol–water partition coefficient (Wildman–Crippen LogP) is 24.7. The van der Waals surface area contributed by atoms with Crippen LogP contribution in [0.4, 0.5) is 23.3 Å². The molecule has 0 saturated heterocycles. The number of hydrogen-bond donors (Lipinski definition) is 6. The Hall–Kier alpha value is -17.9. The van der Waals surface area contributed by atoms with E-state index in [-0.39, 0.29) is 17.5 Å². The Morgan fingerprint density at radius 2 is 0.584 bits per heavy atom. The lowest BCUT2D eigenvalue weighted by Gasteiger charge is -2.15. The first-order valence-electron chi connectivity index (χ1n) is 45.5.